The van der Waals surface area contributed by atoms with Gasteiger partial charge in [0.2, 0.25) is 0 Å². The molecule has 0 aliphatic rings. The molecule has 0 amide bonds. The van der Waals surface area contributed by atoms with Crippen LogP contribution in [0.25, 0.3) is 11.1 Å². The van der Waals surface area contributed by atoms with Crippen LogP contribution in [0.4, 0.5) is 10.1 Å². The van der Waals surface area contributed by atoms with E-state index < -0.39 is 0 Å². The Labute approximate surface area is 95.9 Å². The Balaban J connectivity index is 2.55. The maximum absolute atomic E-state index is 13.0. The average Bonchev–Trinajstić information content (AvgIpc) is 2.23. The Bertz CT molecular complexity index is 497. The molecule has 0 atom stereocenters. The largest absolute Gasteiger partial charge is 0.396 e. The van der Waals surface area contributed by atoms with Crippen LogP contribution in [0.3, 0.4) is 0 Å². The van der Waals surface area contributed by atoms with Crippen molar-refractivity contribution in [2.75, 3.05) is 5.73 Å². The van der Waals surface area contributed by atoms with Crippen molar-refractivity contribution in [3.8, 4) is 11.1 Å². The van der Waals surface area contributed by atoms with Gasteiger partial charge >= 0.3 is 0 Å². The fourth-order valence-corrected chi connectivity index (χ4v) is 1.92. The van der Waals surface area contributed by atoms with Crippen molar-refractivity contribution in [2.24, 2.45) is 0 Å². The fourth-order valence-electron chi connectivity index (χ4n) is 1.41. The van der Waals surface area contributed by atoms with Gasteiger partial charge in [-0.15, -0.1) is 0 Å². The van der Waals surface area contributed by atoms with Crippen LogP contribution in [-0.4, -0.2) is 0 Å². The zero-order valence-electron chi connectivity index (χ0n) is 7.87. The first-order chi connectivity index (χ1) is 7.18. The van der Waals surface area contributed by atoms with E-state index in [9.17, 15) is 4.39 Å². The Kier molecular flexibility index (Phi) is 2.73. The van der Waals surface area contributed by atoms with Gasteiger partial charge in [-0.05, 0) is 29.3 Å². The second-order valence-corrected chi connectivity index (χ2v) is 4.07. The minimum absolute atomic E-state index is 0.170. The van der Waals surface area contributed by atoms with E-state index in [1.54, 1.807) is 12.1 Å². The van der Waals surface area contributed by atoms with Crippen LogP contribution < -0.4 is 5.73 Å². The molecule has 0 heterocycles. The molecule has 76 valence electrons. The van der Waals surface area contributed by atoms with Gasteiger partial charge in [0.1, 0.15) is 5.82 Å². The molecule has 0 spiro atoms. The van der Waals surface area contributed by atoms with Crippen molar-refractivity contribution in [2.45, 2.75) is 0 Å². The van der Waals surface area contributed by atoms with E-state index in [1.807, 2.05) is 24.3 Å². The lowest BCUT2D eigenvalue weighted by Gasteiger charge is -2.05. The quantitative estimate of drug-likeness (QED) is 0.780. The van der Waals surface area contributed by atoms with Gasteiger partial charge in [0.25, 0.3) is 0 Å². The lowest BCUT2D eigenvalue weighted by Crippen LogP contribution is -1.90. The third kappa shape index (κ3) is 2.02. The zero-order valence-corrected chi connectivity index (χ0v) is 9.46. The lowest BCUT2D eigenvalue weighted by molar-refractivity contribution is 0.632. The Hall–Kier alpha value is -1.35. The monoisotopic (exact) mass is 265 g/mol. The Morgan fingerprint density at radius 1 is 1.07 bits per heavy atom. The van der Waals surface area contributed by atoms with Gasteiger partial charge in [-0.25, -0.2) is 4.39 Å². The summed E-state index contributed by atoms with van der Waals surface area (Å²) in [5.41, 5.74) is 7.60. The number of rotatable bonds is 1. The molecule has 2 aromatic carbocycles. The van der Waals surface area contributed by atoms with Crippen molar-refractivity contribution in [1.82, 2.24) is 0 Å². The van der Waals surface area contributed by atoms with Crippen LogP contribution in [0.2, 0.25) is 0 Å². The molecule has 3 heteroatoms. The van der Waals surface area contributed by atoms with Crippen molar-refractivity contribution < 1.29 is 4.39 Å². The Morgan fingerprint density at radius 2 is 1.80 bits per heavy atom. The number of anilines is 1. The highest BCUT2D eigenvalue weighted by atomic mass is 79.9. The van der Waals surface area contributed by atoms with Crippen molar-refractivity contribution in [3.63, 3.8) is 0 Å². The summed E-state index contributed by atoms with van der Waals surface area (Å²) in [5.74, 6) is -0.384. The molecule has 2 N–H and O–H groups in total. The van der Waals surface area contributed by atoms with Crippen molar-refractivity contribution in [3.05, 3.63) is 52.8 Å². The number of nitrogens with two attached hydrogens (primary N) is 1. The van der Waals surface area contributed by atoms with Crippen molar-refractivity contribution >= 4 is 21.6 Å². The molecular weight excluding hydrogens is 257 g/mol. The normalized spacial score (nSPS) is 10.3. The maximum atomic E-state index is 13.0. The van der Waals surface area contributed by atoms with Gasteiger partial charge in [0, 0.05) is 4.47 Å². The summed E-state index contributed by atoms with van der Waals surface area (Å²) in [6.07, 6.45) is 0. The summed E-state index contributed by atoms with van der Waals surface area (Å²) < 4.78 is 13.9. The highest BCUT2D eigenvalue weighted by Gasteiger charge is 2.04. The molecule has 0 fully saturated rings. The topological polar surface area (TPSA) is 26.0 Å². The summed E-state index contributed by atoms with van der Waals surface area (Å²) in [5, 5.41) is 0. The van der Waals surface area contributed by atoms with E-state index in [1.165, 1.54) is 6.07 Å². The summed E-state index contributed by atoms with van der Waals surface area (Å²) in [7, 11) is 0. The molecule has 0 aromatic heterocycles. The van der Waals surface area contributed by atoms with Crippen LogP contribution >= 0.6 is 15.9 Å². The second kappa shape index (κ2) is 4.03. The molecule has 0 radical (unpaired) electrons. The van der Waals surface area contributed by atoms with Crippen LogP contribution in [-0.2, 0) is 0 Å². The van der Waals surface area contributed by atoms with Crippen LogP contribution in [0.5, 0.6) is 0 Å². The van der Waals surface area contributed by atoms with E-state index in [4.69, 9.17) is 5.73 Å². The number of halogens is 2. The standard InChI is InChI=1S/C12H9BrFN/c13-10-4-2-1-3-9(10)8-5-6-11(14)12(15)7-8/h1-7H,15H2. The van der Waals surface area contributed by atoms with Gasteiger partial charge in [-0.2, -0.15) is 0 Å². The fraction of sp³-hybridized carbons (Fsp3) is 0. The minimum Gasteiger partial charge on any atom is -0.396 e. The summed E-state index contributed by atoms with van der Waals surface area (Å²) in [6, 6.07) is 12.5. The molecule has 0 aliphatic carbocycles. The minimum atomic E-state index is -0.384. The van der Waals surface area contributed by atoms with E-state index in [2.05, 4.69) is 15.9 Å². The highest BCUT2D eigenvalue weighted by molar-refractivity contribution is 9.10. The summed E-state index contributed by atoms with van der Waals surface area (Å²) in [6.45, 7) is 0. The first-order valence-corrected chi connectivity index (χ1v) is 5.28. The van der Waals surface area contributed by atoms with E-state index in [0.29, 0.717) is 0 Å². The number of hydrogen-bond donors (Lipinski definition) is 1. The predicted octanol–water partition coefficient (Wildman–Crippen LogP) is 3.84. The van der Waals surface area contributed by atoms with E-state index in [0.717, 1.165) is 15.6 Å². The number of hydrogen-bond acceptors (Lipinski definition) is 1. The number of benzene rings is 2. The molecule has 0 saturated heterocycles. The van der Waals surface area contributed by atoms with E-state index in [-0.39, 0.29) is 11.5 Å². The van der Waals surface area contributed by atoms with Gasteiger partial charge in [-0.1, -0.05) is 40.2 Å². The zero-order chi connectivity index (χ0) is 10.8. The molecule has 15 heavy (non-hydrogen) atoms. The van der Waals surface area contributed by atoms with Crippen molar-refractivity contribution in [1.29, 1.82) is 0 Å². The third-order valence-electron chi connectivity index (χ3n) is 2.18. The molecule has 2 rings (SSSR count). The van der Waals surface area contributed by atoms with Gasteiger partial charge in [-0.3, -0.25) is 0 Å². The van der Waals surface area contributed by atoms with Gasteiger partial charge in [0.05, 0.1) is 5.69 Å². The highest BCUT2D eigenvalue weighted by Crippen LogP contribution is 2.29. The molecule has 0 unspecified atom stereocenters. The van der Waals surface area contributed by atoms with Crippen LogP contribution in [0, 0.1) is 5.82 Å². The first-order valence-electron chi connectivity index (χ1n) is 4.48. The lowest BCUT2D eigenvalue weighted by atomic mass is 10.1. The van der Waals surface area contributed by atoms with Gasteiger partial charge < -0.3 is 5.73 Å². The SMILES string of the molecule is Nc1cc(-c2ccccc2Br)ccc1F. The predicted molar refractivity (Wildman–Crippen MR) is 63.9 cm³/mol. The van der Waals surface area contributed by atoms with Crippen LogP contribution in [0.1, 0.15) is 0 Å². The average molecular weight is 266 g/mol. The Morgan fingerprint density at radius 3 is 2.47 bits per heavy atom. The molecular formula is C12H9BrFN. The molecule has 1 nitrogen and oxygen atoms in total. The van der Waals surface area contributed by atoms with Crippen LogP contribution in [0.15, 0.2) is 46.9 Å². The second-order valence-electron chi connectivity index (χ2n) is 3.22. The van der Waals surface area contributed by atoms with Gasteiger partial charge in [0.15, 0.2) is 0 Å². The maximum Gasteiger partial charge on any atom is 0.146 e. The summed E-state index contributed by atoms with van der Waals surface area (Å²) >= 11 is 3.44. The smallest absolute Gasteiger partial charge is 0.146 e. The molecule has 2 aromatic rings. The summed E-state index contributed by atoms with van der Waals surface area (Å²) in [4.78, 5) is 0. The number of nitrogen functional groups attached to an aromatic ring is 1. The van der Waals surface area contributed by atoms with E-state index >= 15 is 0 Å². The molecule has 0 saturated carbocycles. The molecule has 0 bridgehead atoms. The third-order valence-corrected chi connectivity index (χ3v) is 2.87. The first kappa shape index (κ1) is 10.2. The molecule has 0 aliphatic heterocycles.